The van der Waals surface area contributed by atoms with Crippen molar-refractivity contribution in [1.82, 2.24) is 47.4 Å². The van der Waals surface area contributed by atoms with Crippen LogP contribution in [0.15, 0.2) is 36.5 Å². The zero-order chi connectivity index (χ0) is 50.4. The number of carbonyl (C=O) groups is 11. The average molecular weight is 943 g/mol. The number of benzene rings is 1. The maximum Gasteiger partial charge on any atom is 0.245 e. The van der Waals surface area contributed by atoms with E-state index >= 15 is 0 Å². The van der Waals surface area contributed by atoms with Crippen LogP contribution in [0.1, 0.15) is 84.1 Å². The van der Waals surface area contributed by atoms with Gasteiger partial charge in [-0.25, -0.2) is 0 Å². The average Bonchev–Trinajstić information content (AvgIpc) is 3.26. The number of rotatable bonds is 19. The molecule has 2 rings (SSSR count). The van der Waals surface area contributed by atoms with Crippen molar-refractivity contribution in [2.75, 3.05) is 26.7 Å². The molecule has 1 aromatic carbocycles. The molecule has 67 heavy (non-hydrogen) atoms. The van der Waals surface area contributed by atoms with E-state index in [0.29, 0.717) is 24.8 Å². The molecule has 1 aliphatic rings. The molecule has 24 heteroatoms. The van der Waals surface area contributed by atoms with Gasteiger partial charge in [-0.15, -0.1) is 0 Å². The van der Waals surface area contributed by atoms with Gasteiger partial charge in [-0.1, -0.05) is 58.7 Å². The van der Waals surface area contributed by atoms with Crippen LogP contribution in [-0.2, 0) is 59.2 Å². The normalized spacial score (nSPS) is 21.0. The fourth-order valence-electron chi connectivity index (χ4n) is 6.65. The van der Waals surface area contributed by atoms with Gasteiger partial charge in [-0.2, -0.15) is 0 Å². The largest absolute Gasteiger partial charge is 0.508 e. The molecule has 1 aromatic rings. The summed E-state index contributed by atoms with van der Waals surface area (Å²) in [5.74, 6) is -10.5. The lowest BCUT2D eigenvalue weighted by Gasteiger charge is -2.29. The van der Waals surface area contributed by atoms with E-state index in [2.05, 4.69) is 49.1 Å². The van der Waals surface area contributed by atoms with Crippen LogP contribution in [0.2, 0.25) is 0 Å². The fraction of sp³-hybridized carbons (Fsp3) is 0.558. The van der Waals surface area contributed by atoms with Crippen LogP contribution in [0.3, 0.4) is 0 Å². The summed E-state index contributed by atoms with van der Waals surface area (Å²) in [6.07, 6.45) is -0.997. The Morgan fingerprint density at radius 2 is 1.46 bits per heavy atom. The Labute approximate surface area is 388 Å². The monoisotopic (exact) mass is 942 g/mol. The number of nitrogens with one attached hydrogen (secondary N) is 8. The van der Waals surface area contributed by atoms with E-state index in [9.17, 15) is 57.8 Å². The van der Waals surface area contributed by atoms with Gasteiger partial charge in [0, 0.05) is 32.0 Å². The van der Waals surface area contributed by atoms with Crippen molar-refractivity contribution < 1.29 is 57.8 Å². The number of likely N-dealkylation sites (N-methyl/N-ethyl adjacent to an activating group) is 1. The second kappa shape index (κ2) is 27.9. The van der Waals surface area contributed by atoms with Crippen LogP contribution in [0, 0.1) is 5.92 Å². The molecule has 0 aliphatic carbocycles. The molecular formula is C43H66N12O12. The number of unbranched alkanes of at least 4 members (excludes halogenated alkanes) is 1. The van der Waals surface area contributed by atoms with Gasteiger partial charge in [0.1, 0.15) is 42.0 Å². The summed E-state index contributed by atoms with van der Waals surface area (Å²) in [6, 6.07) is -3.01. The minimum atomic E-state index is -1.81. The molecule has 0 bridgehead atoms. The van der Waals surface area contributed by atoms with Gasteiger partial charge in [0.2, 0.25) is 65.0 Å². The summed E-state index contributed by atoms with van der Waals surface area (Å²) in [7, 11) is 1.21. The predicted molar refractivity (Wildman–Crippen MR) is 241 cm³/mol. The molecular weight excluding hydrogens is 877 g/mol. The smallest absolute Gasteiger partial charge is 0.245 e. The fourth-order valence-corrected chi connectivity index (χ4v) is 6.65. The van der Waals surface area contributed by atoms with Crippen molar-refractivity contribution in [1.29, 1.82) is 0 Å². The number of hydrogen-bond acceptors (Lipinski definition) is 13. The summed E-state index contributed by atoms with van der Waals surface area (Å²) < 4.78 is 0. The van der Waals surface area contributed by atoms with Crippen LogP contribution in [0.25, 0.3) is 0 Å². The molecule has 0 unspecified atom stereocenters. The van der Waals surface area contributed by atoms with Crippen molar-refractivity contribution in [3.8, 4) is 5.75 Å². The van der Waals surface area contributed by atoms with Crippen molar-refractivity contribution in [3.63, 3.8) is 0 Å². The third kappa shape index (κ3) is 20.2. The zero-order valence-electron chi connectivity index (χ0n) is 38.4. The number of carbonyl (C=O) groups excluding carboxylic acids is 11. The Kier molecular flexibility index (Phi) is 23.3. The Morgan fingerprint density at radius 1 is 0.836 bits per heavy atom. The predicted octanol–water partition coefficient (Wildman–Crippen LogP) is -3.82. The summed E-state index contributed by atoms with van der Waals surface area (Å²) in [4.78, 5) is 147. The van der Waals surface area contributed by atoms with E-state index in [4.69, 9.17) is 17.2 Å². The molecule has 0 aromatic heterocycles. The molecule has 7 atom stereocenters. The molecule has 370 valence electrons. The van der Waals surface area contributed by atoms with Crippen molar-refractivity contribution >= 4 is 65.0 Å². The van der Waals surface area contributed by atoms with Gasteiger partial charge in [-0.3, -0.25) is 52.7 Å². The molecule has 0 radical (unpaired) electrons. The topological polar surface area (TPSA) is 386 Å². The zero-order valence-corrected chi connectivity index (χ0v) is 38.4. The number of hydrogen-bond donors (Lipinski definition) is 12. The highest BCUT2D eigenvalue weighted by Crippen LogP contribution is 2.14. The summed E-state index contributed by atoms with van der Waals surface area (Å²) in [5, 5.41) is 29.7. The lowest BCUT2D eigenvalue weighted by Crippen LogP contribution is -2.61. The number of amides is 11. The molecule has 11 amide bonds. The lowest BCUT2D eigenvalue weighted by atomic mass is 9.96. The van der Waals surface area contributed by atoms with E-state index in [0.717, 1.165) is 4.90 Å². The van der Waals surface area contributed by atoms with E-state index < -0.39 is 152 Å². The minimum absolute atomic E-state index is 0.0490. The number of nitrogens with two attached hydrogens (primary N) is 3. The highest BCUT2D eigenvalue weighted by Gasteiger charge is 2.36. The number of aromatic hydroxyl groups is 1. The maximum atomic E-state index is 14.0. The SMILES string of the molecule is C=C(N)CNC(=O)[C@H](CCCC)NC(=O)CN(C)C(=O)[C@@H]1CCC(=O)NCC(=O)N[C@@H](Cc2ccc(O)cc2)C(=O)N[C@@H]([C@@H](C)CC)C(=O)N[C@@H](CCC(N)=O)C(=O)N[C@@H](CC(N)=O)C(=O)N1. The third-order valence-corrected chi connectivity index (χ3v) is 10.6. The van der Waals surface area contributed by atoms with E-state index in [-0.39, 0.29) is 30.8 Å². The van der Waals surface area contributed by atoms with Crippen LogP contribution in [0.4, 0.5) is 0 Å². The summed E-state index contributed by atoms with van der Waals surface area (Å²) in [6.45, 7) is 7.40. The Hall–Kier alpha value is -7.27. The molecule has 0 saturated carbocycles. The summed E-state index contributed by atoms with van der Waals surface area (Å²) >= 11 is 0. The molecule has 24 nitrogen and oxygen atoms in total. The van der Waals surface area contributed by atoms with E-state index in [1.807, 2.05) is 6.92 Å². The lowest BCUT2D eigenvalue weighted by molar-refractivity contribution is -0.140. The first-order chi connectivity index (χ1) is 31.5. The molecule has 1 fully saturated rings. The number of phenols is 1. The second-order valence-electron chi connectivity index (χ2n) is 16.4. The van der Waals surface area contributed by atoms with Crippen LogP contribution >= 0.6 is 0 Å². The first-order valence-corrected chi connectivity index (χ1v) is 21.9. The quantitative estimate of drug-likeness (QED) is 0.0634. The minimum Gasteiger partial charge on any atom is -0.508 e. The van der Waals surface area contributed by atoms with Crippen LogP contribution in [-0.4, -0.2) is 138 Å². The first kappa shape index (κ1) is 55.9. The third-order valence-electron chi connectivity index (χ3n) is 10.6. The van der Waals surface area contributed by atoms with Gasteiger partial charge in [0.25, 0.3) is 0 Å². The van der Waals surface area contributed by atoms with Crippen LogP contribution in [0.5, 0.6) is 5.75 Å². The Bertz CT molecular complexity index is 1980. The highest BCUT2D eigenvalue weighted by molar-refractivity contribution is 5.99. The van der Waals surface area contributed by atoms with Gasteiger partial charge in [0.15, 0.2) is 0 Å². The van der Waals surface area contributed by atoms with Gasteiger partial charge in [-0.05, 0) is 42.9 Å². The van der Waals surface area contributed by atoms with Gasteiger partial charge >= 0.3 is 0 Å². The van der Waals surface area contributed by atoms with E-state index in [1.165, 1.54) is 31.3 Å². The van der Waals surface area contributed by atoms with Crippen molar-refractivity contribution in [2.45, 2.75) is 121 Å². The van der Waals surface area contributed by atoms with Gasteiger partial charge < -0.3 is 69.7 Å². The molecule has 1 aliphatic heterocycles. The van der Waals surface area contributed by atoms with E-state index in [1.54, 1.807) is 13.8 Å². The Balaban J connectivity index is 2.58. The van der Waals surface area contributed by atoms with Crippen molar-refractivity contribution in [2.24, 2.45) is 23.1 Å². The van der Waals surface area contributed by atoms with Gasteiger partial charge in [0.05, 0.1) is 26.1 Å². The molecule has 15 N–H and O–H groups in total. The number of nitrogens with zero attached hydrogens (tertiary/aromatic N) is 1. The maximum absolute atomic E-state index is 14.0. The Morgan fingerprint density at radius 3 is 2.06 bits per heavy atom. The number of primary amides is 2. The highest BCUT2D eigenvalue weighted by atomic mass is 16.3. The van der Waals surface area contributed by atoms with Crippen molar-refractivity contribution in [3.05, 3.63) is 42.1 Å². The first-order valence-electron chi connectivity index (χ1n) is 21.9. The second-order valence-corrected chi connectivity index (χ2v) is 16.4. The summed E-state index contributed by atoms with van der Waals surface area (Å²) in [5.41, 5.74) is 17.0. The molecule has 1 heterocycles. The van der Waals surface area contributed by atoms with Crippen LogP contribution < -0.4 is 59.7 Å². The molecule has 0 spiro atoms. The number of phenolic OH excluding ortho intramolecular Hbond substituents is 1. The standard InChI is InChI=1S/C43H66N12O12/c1-6-8-9-27(38(62)48-20-24(4)44)49-36(61)22-55(5)43(67)29-15-17-34(59)47-21-35(60)50-30(18-25-10-12-26(56)13-11-25)41(65)54-37(23(3)7-2)42(66)51-28(14-16-32(45)57)39(63)53-31(19-33(46)58)40(64)52-29/h10-13,23,27-31,37,56H,4,6-9,14-22,44H2,1-3,5H3,(H2,45,57)(H2,46,58)(H,47,59)(H,48,62)(H,49,61)(H,50,60)(H,51,66)(H,52,64)(H,53,63)(H,54,65)/t23-,27-,28-,29-,30-,31-,37-/m0/s1. The molecule has 1 saturated heterocycles.